The highest BCUT2D eigenvalue weighted by molar-refractivity contribution is 5.73. The van der Waals surface area contributed by atoms with E-state index in [0.717, 1.165) is 5.69 Å². The van der Waals surface area contributed by atoms with Gasteiger partial charge in [-0.2, -0.15) is 0 Å². The predicted octanol–water partition coefficient (Wildman–Crippen LogP) is -0.117. The number of carbonyl (C=O) groups is 2. The van der Waals surface area contributed by atoms with Crippen LogP contribution in [0.15, 0.2) is 10.6 Å². The summed E-state index contributed by atoms with van der Waals surface area (Å²) in [4.78, 5) is 21.4. The third kappa shape index (κ3) is 5.85. The Morgan fingerprint density at radius 2 is 2.28 bits per heavy atom. The standard InChI is InChI=1S/C10H15N3O5/c1-7-4-8(18-13-7)5-12-10(16)11-2-3-17-6-9(14)15/h4H,2-3,5-6H2,1H3,(H,14,15)(H2,11,12,16). The first kappa shape index (κ1) is 14.0. The summed E-state index contributed by atoms with van der Waals surface area (Å²) in [5, 5.41) is 17.0. The Hall–Kier alpha value is -2.09. The van der Waals surface area contributed by atoms with Crippen LogP contribution in [0.4, 0.5) is 4.79 Å². The molecule has 0 unspecified atom stereocenters. The highest BCUT2D eigenvalue weighted by Gasteiger charge is 2.04. The van der Waals surface area contributed by atoms with Crippen LogP contribution in [-0.2, 0) is 16.1 Å². The van der Waals surface area contributed by atoms with Crippen LogP contribution in [0.5, 0.6) is 0 Å². The monoisotopic (exact) mass is 257 g/mol. The molecular formula is C10H15N3O5. The molecule has 0 radical (unpaired) electrons. The van der Waals surface area contributed by atoms with Gasteiger partial charge >= 0.3 is 12.0 Å². The maximum absolute atomic E-state index is 11.3. The first-order valence-corrected chi connectivity index (χ1v) is 5.31. The van der Waals surface area contributed by atoms with Gasteiger partial charge in [-0.25, -0.2) is 9.59 Å². The molecule has 1 rings (SSSR count). The number of hydrogen-bond acceptors (Lipinski definition) is 5. The average molecular weight is 257 g/mol. The lowest BCUT2D eigenvalue weighted by Crippen LogP contribution is -2.37. The second-order valence-corrected chi connectivity index (χ2v) is 3.49. The van der Waals surface area contributed by atoms with Crippen molar-refractivity contribution in [3.8, 4) is 0 Å². The topological polar surface area (TPSA) is 114 Å². The Labute approximate surface area is 103 Å². The van der Waals surface area contributed by atoms with E-state index in [-0.39, 0.29) is 32.3 Å². The number of aliphatic carboxylic acids is 1. The predicted molar refractivity (Wildman–Crippen MR) is 59.9 cm³/mol. The molecule has 0 saturated carbocycles. The number of urea groups is 1. The number of carbonyl (C=O) groups excluding carboxylic acids is 1. The largest absolute Gasteiger partial charge is 0.480 e. The number of ether oxygens (including phenoxy) is 1. The summed E-state index contributed by atoms with van der Waals surface area (Å²) in [6.45, 7) is 2.02. The SMILES string of the molecule is Cc1cc(CNC(=O)NCCOCC(=O)O)on1. The molecule has 1 aromatic heterocycles. The Morgan fingerprint density at radius 1 is 1.50 bits per heavy atom. The number of aryl methyl sites for hydroxylation is 1. The molecule has 0 fully saturated rings. The molecule has 2 amide bonds. The van der Waals surface area contributed by atoms with E-state index in [1.165, 1.54) is 0 Å². The average Bonchev–Trinajstić information content (AvgIpc) is 2.71. The van der Waals surface area contributed by atoms with Crippen LogP contribution in [0.1, 0.15) is 11.5 Å². The number of nitrogens with zero attached hydrogens (tertiary/aromatic N) is 1. The number of nitrogens with one attached hydrogen (secondary N) is 2. The van der Waals surface area contributed by atoms with E-state index in [1.54, 1.807) is 13.0 Å². The van der Waals surface area contributed by atoms with E-state index < -0.39 is 5.97 Å². The number of hydrogen-bond donors (Lipinski definition) is 3. The fourth-order valence-electron chi connectivity index (χ4n) is 1.13. The van der Waals surface area contributed by atoms with Gasteiger partial charge < -0.3 is 25.0 Å². The van der Waals surface area contributed by atoms with E-state index in [0.29, 0.717) is 5.76 Å². The zero-order chi connectivity index (χ0) is 13.4. The summed E-state index contributed by atoms with van der Waals surface area (Å²) in [5.41, 5.74) is 0.745. The molecule has 18 heavy (non-hydrogen) atoms. The Kier molecular flexibility index (Phi) is 5.65. The maximum Gasteiger partial charge on any atom is 0.329 e. The number of carboxylic acids is 1. The molecule has 8 nitrogen and oxygen atoms in total. The minimum atomic E-state index is -1.04. The second kappa shape index (κ2) is 7.28. The van der Waals surface area contributed by atoms with Gasteiger partial charge in [0.15, 0.2) is 5.76 Å². The molecule has 0 aliphatic rings. The van der Waals surface area contributed by atoms with Gasteiger partial charge in [0.05, 0.1) is 18.8 Å². The molecule has 0 saturated heterocycles. The Bertz CT molecular complexity index is 404. The van der Waals surface area contributed by atoms with Gasteiger partial charge in [0.2, 0.25) is 0 Å². The summed E-state index contributed by atoms with van der Waals surface area (Å²) in [6.07, 6.45) is 0. The Balaban J connectivity index is 2.05. The third-order valence-corrected chi connectivity index (χ3v) is 1.86. The van der Waals surface area contributed by atoms with Crippen molar-refractivity contribution >= 4 is 12.0 Å². The van der Waals surface area contributed by atoms with Gasteiger partial charge in [-0.3, -0.25) is 0 Å². The number of rotatable bonds is 7. The summed E-state index contributed by atoms with van der Waals surface area (Å²) in [6, 6.07) is 1.33. The molecule has 3 N–H and O–H groups in total. The van der Waals surface area contributed by atoms with E-state index in [9.17, 15) is 9.59 Å². The second-order valence-electron chi connectivity index (χ2n) is 3.49. The molecule has 0 aromatic carbocycles. The molecule has 8 heteroatoms. The van der Waals surface area contributed by atoms with Crippen molar-refractivity contribution in [3.05, 3.63) is 17.5 Å². The van der Waals surface area contributed by atoms with E-state index in [4.69, 9.17) is 14.4 Å². The van der Waals surface area contributed by atoms with Crippen molar-refractivity contribution in [1.82, 2.24) is 15.8 Å². The fraction of sp³-hybridized carbons (Fsp3) is 0.500. The highest BCUT2D eigenvalue weighted by atomic mass is 16.5. The van der Waals surface area contributed by atoms with Crippen LogP contribution in [-0.4, -0.2) is 42.0 Å². The lowest BCUT2D eigenvalue weighted by molar-refractivity contribution is -0.142. The van der Waals surface area contributed by atoms with Gasteiger partial charge in [0.25, 0.3) is 0 Å². The summed E-state index contributed by atoms with van der Waals surface area (Å²) < 4.78 is 9.64. The summed E-state index contributed by atoms with van der Waals surface area (Å²) in [5.74, 6) is -0.482. The molecule has 1 heterocycles. The van der Waals surface area contributed by atoms with Crippen molar-refractivity contribution in [3.63, 3.8) is 0 Å². The number of amides is 2. The third-order valence-electron chi connectivity index (χ3n) is 1.86. The molecule has 1 aromatic rings. The van der Waals surface area contributed by atoms with E-state index >= 15 is 0 Å². The minimum absolute atomic E-state index is 0.140. The van der Waals surface area contributed by atoms with Gasteiger partial charge in [-0.1, -0.05) is 5.16 Å². The van der Waals surface area contributed by atoms with Gasteiger partial charge in [-0.05, 0) is 6.92 Å². The number of carboxylic acid groups (broad SMARTS) is 1. The van der Waals surface area contributed by atoms with Gasteiger partial charge in [-0.15, -0.1) is 0 Å². The molecule has 100 valence electrons. The quantitative estimate of drug-likeness (QED) is 0.587. The summed E-state index contributed by atoms with van der Waals surface area (Å²) in [7, 11) is 0. The first-order chi connectivity index (χ1) is 8.58. The Morgan fingerprint density at radius 3 is 2.89 bits per heavy atom. The molecule has 0 spiro atoms. The molecule has 0 bridgehead atoms. The van der Waals surface area contributed by atoms with Crippen LogP contribution in [0, 0.1) is 6.92 Å². The fourth-order valence-corrected chi connectivity index (χ4v) is 1.13. The van der Waals surface area contributed by atoms with Crippen LogP contribution in [0.3, 0.4) is 0 Å². The van der Waals surface area contributed by atoms with Crippen molar-refractivity contribution in [1.29, 1.82) is 0 Å². The highest BCUT2D eigenvalue weighted by Crippen LogP contribution is 2.00. The molecule has 0 aliphatic heterocycles. The zero-order valence-corrected chi connectivity index (χ0v) is 9.93. The van der Waals surface area contributed by atoms with Crippen LogP contribution >= 0.6 is 0 Å². The lowest BCUT2D eigenvalue weighted by Gasteiger charge is -2.05. The van der Waals surface area contributed by atoms with E-state index in [2.05, 4.69) is 15.8 Å². The van der Waals surface area contributed by atoms with Gasteiger partial charge in [0.1, 0.15) is 6.61 Å². The smallest absolute Gasteiger partial charge is 0.329 e. The van der Waals surface area contributed by atoms with Crippen molar-refractivity contribution < 1.29 is 24.0 Å². The van der Waals surface area contributed by atoms with Crippen molar-refractivity contribution in [2.45, 2.75) is 13.5 Å². The molecule has 0 aliphatic carbocycles. The van der Waals surface area contributed by atoms with Crippen molar-refractivity contribution in [2.75, 3.05) is 19.8 Å². The maximum atomic E-state index is 11.3. The lowest BCUT2D eigenvalue weighted by atomic mass is 10.4. The van der Waals surface area contributed by atoms with Crippen molar-refractivity contribution in [2.24, 2.45) is 0 Å². The first-order valence-electron chi connectivity index (χ1n) is 5.31. The van der Waals surface area contributed by atoms with E-state index in [1.807, 2.05) is 0 Å². The van der Waals surface area contributed by atoms with Crippen LogP contribution in [0.25, 0.3) is 0 Å². The number of aromatic nitrogens is 1. The van der Waals surface area contributed by atoms with Crippen LogP contribution in [0.2, 0.25) is 0 Å². The molecular weight excluding hydrogens is 242 g/mol. The normalized spacial score (nSPS) is 10.1. The van der Waals surface area contributed by atoms with Crippen LogP contribution < -0.4 is 10.6 Å². The minimum Gasteiger partial charge on any atom is -0.480 e. The van der Waals surface area contributed by atoms with Gasteiger partial charge in [0, 0.05) is 12.6 Å². The molecule has 0 atom stereocenters. The zero-order valence-electron chi connectivity index (χ0n) is 9.93. The summed E-state index contributed by atoms with van der Waals surface area (Å²) >= 11 is 0.